The van der Waals surface area contributed by atoms with Crippen molar-refractivity contribution < 1.29 is 14.3 Å². The van der Waals surface area contributed by atoms with Crippen molar-refractivity contribution in [1.29, 1.82) is 0 Å². The Morgan fingerprint density at radius 2 is 1.96 bits per heavy atom. The van der Waals surface area contributed by atoms with Gasteiger partial charge in [0.2, 0.25) is 0 Å². The zero-order chi connectivity index (χ0) is 16.0. The first-order valence-corrected chi connectivity index (χ1v) is 8.56. The highest BCUT2D eigenvalue weighted by Crippen LogP contribution is 2.34. The van der Waals surface area contributed by atoms with Crippen molar-refractivity contribution in [2.24, 2.45) is 0 Å². The number of ether oxygens (including phenoxy) is 2. The van der Waals surface area contributed by atoms with Crippen molar-refractivity contribution in [2.75, 3.05) is 26.4 Å². The lowest BCUT2D eigenvalue weighted by Gasteiger charge is -2.43. The lowest BCUT2D eigenvalue weighted by molar-refractivity contribution is -0.139. The number of hydrogen-bond acceptors (Lipinski definition) is 3. The van der Waals surface area contributed by atoms with E-state index in [4.69, 9.17) is 9.47 Å². The predicted octanol–water partition coefficient (Wildman–Crippen LogP) is 2.26. The molecule has 1 aromatic carbocycles. The Bertz CT molecular complexity index is 495. The first-order valence-electron chi connectivity index (χ1n) is 8.56. The van der Waals surface area contributed by atoms with E-state index in [1.165, 1.54) is 5.56 Å². The molecule has 2 aliphatic heterocycles. The maximum absolute atomic E-state index is 12.1. The zero-order valence-electron chi connectivity index (χ0n) is 13.6. The summed E-state index contributed by atoms with van der Waals surface area (Å²) in [4.78, 5) is 12.1. The second-order valence-corrected chi connectivity index (χ2v) is 6.47. The number of benzene rings is 1. The molecule has 2 saturated heterocycles. The van der Waals surface area contributed by atoms with E-state index in [2.05, 4.69) is 22.8 Å². The summed E-state index contributed by atoms with van der Waals surface area (Å²) in [6.45, 7) is 2.89. The maximum atomic E-state index is 12.1. The number of hydrogen-bond donors (Lipinski definition) is 2. The van der Waals surface area contributed by atoms with E-state index in [9.17, 15) is 4.79 Å². The molecule has 5 nitrogen and oxygen atoms in total. The van der Waals surface area contributed by atoms with Gasteiger partial charge in [-0.25, -0.2) is 4.79 Å². The molecular formula is C18H26N2O3. The minimum Gasteiger partial charge on any atom is -0.381 e. The normalized spacial score (nSPS) is 23.4. The van der Waals surface area contributed by atoms with Gasteiger partial charge in [-0.3, -0.25) is 0 Å². The highest BCUT2D eigenvalue weighted by Gasteiger charge is 2.39. The van der Waals surface area contributed by atoms with Crippen LogP contribution in [0.15, 0.2) is 30.3 Å². The molecule has 1 atom stereocenters. The third kappa shape index (κ3) is 4.69. The van der Waals surface area contributed by atoms with Gasteiger partial charge in [-0.2, -0.15) is 0 Å². The fourth-order valence-electron chi connectivity index (χ4n) is 3.44. The minimum absolute atomic E-state index is 0.0740. The number of amides is 2. The summed E-state index contributed by atoms with van der Waals surface area (Å²) in [6, 6.07) is 10.3. The van der Waals surface area contributed by atoms with Gasteiger partial charge < -0.3 is 20.1 Å². The zero-order valence-corrected chi connectivity index (χ0v) is 13.6. The summed E-state index contributed by atoms with van der Waals surface area (Å²) >= 11 is 0. The molecule has 126 valence electrons. The van der Waals surface area contributed by atoms with Gasteiger partial charge >= 0.3 is 6.03 Å². The molecule has 5 heteroatoms. The van der Waals surface area contributed by atoms with Crippen molar-refractivity contribution in [3.05, 3.63) is 35.9 Å². The Morgan fingerprint density at radius 3 is 2.74 bits per heavy atom. The Balaban J connectivity index is 1.40. The molecule has 0 aliphatic carbocycles. The Hall–Kier alpha value is -1.59. The summed E-state index contributed by atoms with van der Waals surface area (Å²) in [5, 5.41) is 6.06. The van der Waals surface area contributed by atoms with Gasteiger partial charge in [-0.15, -0.1) is 0 Å². The van der Waals surface area contributed by atoms with Crippen LogP contribution in [-0.2, 0) is 15.9 Å². The van der Waals surface area contributed by atoms with Crippen LogP contribution in [0.4, 0.5) is 4.79 Å². The van der Waals surface area contributed by atoms with E-state index in [-0.39, 0.29) is 17.7 Å². The largest absolute Gasteiger partial charge is 0.381 e. The first kappa shape index (κ1) is 16.3. The Labute approximate surface area is 137 Å². The van der Waals surface area contributed by atoms with Crippen LogP contribution in [0.3, 0.4) is 0 Å². The quantitative estimate of drug-likeness (QED) is 0.895. The number of carbonyl (C=O) groups is 1. The molecule has 2 fully saturated rings. The third-order valence-electron chi connectivity index (χ3n) is 4.77. The molecule has 1 aromatic rings. The Kier molecular flexibility index (Phi) is 5.51. The van der Waals surface area contributed by atoms with Crippen LogP contribution >= 0.6 is 0 Å². The smallest absolute Gasteiger partial charge is 0.315 e. The summed E-state index contributed by atoms with van der Waals surface area (Å²) in [5.41, 5.74) is 1.15. The van der Waals surface area contributed by atoms with Gasteiger partial charge in [0.15, 0.2) is 0 Å². The van der Waals surface area contributed by atoms with Crippen molar-refractivity contribution in [3.63, 3.8) is 0 Å². The van der Waals surface area contributed by atoms with Gasteiger partial charge in [0.1, 0.15) is 0 Å². The van der Waals surface area contributed by atoms with Crippen molar-refractivity contribution in [2.45, 2.75) is 43.7 Å². The molecule has 2 heterocycles. The van der Waals surface area contributed by atoms with Gasteiger partial charge in [0.05, 0.1) is 5.60 Å². The SMILES string of the molecule is O=C(NCCc1ccccc1)N[C@H]1CCOC2(CCOCC2)C1. The van der Waals surface area contributed by atoms with Crippen LogP contribution in [0.2, 0.25) is 0 Å². The van der Waals surface area contributed by atoms with Gasteiger partial charge in [0, 0.05) is 32.4 Å². The van der Waals surface area contributed by atoms with Crippen LogP contribution in [0.25, 0.3) is 0 Å². The second-order valence-electron chi connectivity index (χ2n) is 6.47. The molecule has 23 heavy (non-hydrogen) atoms. The molecule has 0 bridgehead atoms. The lowest BCUT2D eigenvalue weighted by atomic mass is 9.84. The summed E-state index contributed by atoms with van der Waals surface area (Å²) in [6.07, 6.45) is 4.49. The summed E-state index contributed by atoms with van der Waals surface area (Å²) in [7, 11) is 0. The van der Waals surface area contributed by atoms with E-state index in [1.807, 2.05) is 18.2 Å². The summed E-state index contributed by atoms with van der Waals surface area (Å²) < 4.78 is 11.4. The maximum Gasteiger partial charge on any atom is 0.315 e. The molecular weight excluding hydrogens is 292 g/mol. The average molecular weight is 318 g/mol. The molecule has 2 aliphatic rings. The standard InChI is InChI=1S/C18H26N2O3/c21-17(19-10-6-15-4-2-1-3-5-15)20-16-7-11-23-18(14-16)8-12-22-13-9-18/h1-5,16H,6-14H2,(H2,19,20,21)/t16-/m0/s1. The fraction of sp³-hybridized carbons (Fsp3) is 0.611. The molecule has 0 unspecified atom stereocenters. The molecule has 0 saturated carbocycles. The van der Waals surface area contributed by atoms with E-state index >= 15 is 0 Å². The summed E-state index contributed by atoms with van der Waals surface area (Å²) in [5.74, 6) is 0. The highest BCUT2D eigenvalue weighted by atomic mass is 16.5. The monoisotopic (exact) mass is 318 g/mol. The topological polar surface area (TPSA) is 59.6 Å². The number of nitrogens with one attached hydrogen (secondary N) is 2. The van der Waals surface area contributed by atoms with E-state index in [0.29, 0.717) is 6.54 Å². The number of rotatable bonds is 4. The van der Waals surface area contributed by atoms with Crippen LogP contribution in [0.5, 0.6) is 0 Å². The van der Waals surface area contributed by atoms with Gasteiger partial charge in [0.25, 0.3) is 0 Å². The molecule has 1 spiro atoms. The van der Waals surface area contributed by atoms with E-state index < -0.39 is 0 Å². The van der Waals surface area contributed by atoms with E-state index in [1.54, 1.807) is 0 Å². The van der Waals surface area contributed by atoms with Crippen molar-refractivity contribution in [1.82, 2.24) is 10.6 Å². The molecule has 0 aromatic heterocycles. The predicted molar refractivity (Wildman–Crippen MR) is 88.4 cm³/mol. The molecule has 0 radical (unpaired) electrons. The van der Waals surface area contributed by atoms with Crippen LogP contribution in [0, 0.1) is 0 Å². The van der Waals surface area contributed by atoms with Crippen LogP contribution in [0.1, 0.15) is 31.2 Å². The minimum atomic E-state index is -0.0848. The van der Waals surface area contributed by atoms with E-state index in [0.717, 1.165) is 51.9 Å². The molecule has 2 N–H and O–H groups in total. The lowest BCUT2D eigenvalue weighted by Crippen LogP contribution is -2.52. The van der Waals surface area contributed by atoms with Gasteiger partial charge in [-0.05, 0) is 37.7 Å². The highest BCUT2D eigenvalue weighted by molar-refractivity contribution is 5.74. The third-order valence-corrected chi connectivity index (χ3v) is 4.77. The second kappa shape index (κ2) is 7.79. The fourth-order valence-corrected chi connectivity index (χ4v) is 3.44. The number of urea groups is 1. The van der Waals surface area contributed by atoms with Crippen LogP contribution in [-0.4, -0.2) is 44.0 Å². The molecule has 3 rings (SSSR count). The molecule has 2 amide bonds. The average Bonchev–Trinajstić information content (AvgIpc) is 2.56. The number of carbonyl (C=O) groups excluding carboxylic acids is 1. The van der Waals surface area contributed by atoms with Crippen molar-refractivity contribution in [3.8, 4) is 0 Å². The Morgan fingerprint density at radius 1 is 1.17 bits per heavy atom. The van der Waals surface area contributed by atoms with Crippen LogP contribution < -0.4 is 10.6 Å². The first-order chi connectivity index (χ1) is 11.3. The van der Waals surface area contributed by atoms with Gasteiger partial charge in [-0.1, -0.05) is 30.3 Å². The van der Waals surface area contributed by atoms with Crippen molar-refractivity contribution >= 4 is 6.03 Å².